The van der Waals surface area contributed by atoms with Gasteiger partial charge in [0.1, 0.15) is 11.5 Å². The van der Waals surface area contributed by atoms with E-state index in [1.165, 1.54) is 7.11 Å². The zero-order chi connectivity index (χ0) is 19.1. The summed E-state index contributed by atoms with van der Waals surface area (Å²) in [6.07, 6.45) is 0. The first-order valence-electron chi connectivity index (χ1n) is 8.19. The van der Waals surface area contributed by atoms with Crippen LogP contribution in [0.3, 0.4) is 0 Å². The molecular formula is C19H23N3O4. The number of methoxy groups -OCH3 is 1. The molecule has 0 spiro atoms. The molecular weight excluding hydrogens is 334 g/mol. The topological polar surface area (TPSA) is 103 Å². The Labute approximate surface area is 152 Å². The van der Waals surface area contributed by atoms with Gasteiger partial charge in [-0.2, -0.15) is 0 Å². The third kappa shape index (κ3) is 4.89. The average molecular weight is 357 g/mol. The van der Waals surface area contributed by atoms with Crippen LogP contribution in [0.5, 0.6) is 11.5 Å². The van der Waals surface area contributed by atoms with E-state index in [-0.39, 0.29) is 12.6 Å². The van der Waals surface area contributed by atoms with E-state index < -0.39 is 5.91 Å². The van der Waals surface area contributed by atoms with E-state index in [2.05, 4.69) is 10.6 Å². The number of nitrogens with one attached hydrogen (secondary N) is 2. The Bertz CT molecular complexity index is 805. The standard InChI is InChI=1S/C19H23N3O4/c1-4-21-19(24)22-15-7-6-13(10-17(15)25-3)14-9-12(2)5-8-16(14)26-11-18(20)23/h5-10H,4,11H2,1-3H3,(H2,20,23)(H2,21,22,24). The highest BCUT2D eigenvalue weighted by atomic mass is 16.5. The van der Waals surface area contributed by atoms with E-state index in [1.54, 1.807) is 18.2 Å². The van der Waals surface area contributed by atoms with Crippen molar-refractivity contribution in [3.63, 3.8) is 0 Å². The van der Waals surface area contributed by atoms with Crippen molar-refractivity contribution < 1.29 is 19.1 Å². The highest BCUT2D eigenvalue weighted by Gasteiger charge is 2.13. The average Bonchev–Trinajstić information content (AvgIpc) is 2.61. The monoisotopic (exact) mass is 357 g/mol. The number of ether oxygens (including phenoxy) is 2. The van der Waals surface area contributed by atoms with E-state index in [1.807, 2.05) is 32.0 Å². The number of nitrogens with two attached hydrogens (primary N) is 1. The molecule has 7 nitrogen and oxygen atoms in total. The Kier molecular flexibility index (Phi) is 6.43. The fourth-order valence-corrected chi connectivity index (χ4v) is 2.43. The number of urea groups is 1. The van der Waals surface area contributed by atoms with Crippen LogP contribution in [0.15, 0.2) is 36.4 Å². The number of hydrogen-bond donors (Lipinski definition) is 3. The first kappa shape index (κ1) is 19.1. The molecule has 0 heterocycles. The maximum Gasteiger partial charge on any atom is 0.319 e. The molecule has 0 aliphatic rings. The third-order valence-electron chi connectivity index (χ3n) is 3.60. The largest absolute Gasteiger partial charge is 0.495 e. The highest BCUT2D eigenvalue weighted by molar-refractivity contribution is 5.91. The van der Waals surface area contributed by atoms with Gasteiger partial charge in [0.2, 0.25) is 0 Å². The molecule has 0 aliphatic carbocycles. The Hall–Kier alpha value is -3.22. The quantitative estimate of drug-likeness (QED) is 0.709. The number of carbonyl (C=O) groups is 2. The van der Waals surface area contributed by atoms with Crippen LogP contribution in [0.4, 0.5) is 10.5 Å². The number of amides is 3. The van der Waals surface area contributed by atoms with Gasteiger partial charge >= 0.3 is 6.03 Å². The van der Waals surface area contributed by atoms with Gasteiger partial charge in [-0.05, 0) is 43.7 Å². The first-order chi connectivity index (χ1) is 12.4. The van der Waals surface area contributed by atoms with Crippen LogP contribution in [0.1, 0.15) is 12.5 Å². The lowest BCUT2D eigenvalue weighted by atomic mass is 10.0. The molecule has 0 fully saturated rings. The predicted molar refractivity (Wildman–Crippen MR) is 101 cm³/mol. The molecule has 0 unspecified atom stereocenters. The molecule has 0 saturated heterocycles. The summed E-state index contributed by atoms with van der Waals surface area (Å²) in [5.74, 6) is 0.507. The fraction of sp³-hybridized carbons (Fsp3) is 0.263. The van der Waals surface area contributed by atoms with Gasteiger partial charge in [-0.15, -0.1) is 0 Å². The summed E-state index contributed by atoms with van der Waals surface area (Å²) in [7, 11) is 1.53. The van der Waals surface area contributed by atoms with E-state index in [4.69, 9.17) is 15.2 Å². The smallest absolute Gasteiger partial charge is 0.319 e. The molecule has 2 rings (SSSR count). The molecule has 3 amide bonds. The SMILES string of the molecule is CCNC(=O)Nc1ccc(-c2cc(C)ccc2OCC(N)=O)cc1OC. The summed E-state index contributed by atoms with van der Waals surface area (Å²) < 4.78 is 10.9. The Balaban J connectivity index is 2.38. The van der Waals surface area contributed by atoms with E-state index in [0.29, 0.717) is 23.7 Å². The number of carbonyl (C=O) groups excluding carboxylic acids is 2. The van der Waals surface area contributed by atoms with Crippen molar-refractivity contribution in [3.05, 3.63) is 42.0 Å². The van der Waals surface area contributed by atoms with Crippen LogP contribution in [-0.4, -0.2) is 32.2 Å². The van der Waals surface area contributed by atoms with Crippen molar-refractivity contribution >= 4 is 17.6 Å². The predicted octanol–water partition coefficient (Wildman–Crippen LogP) is 2.68. The van der Waals surface area contributed by atoms with Crippen LogP contribution in [0.25, 0.3) is 11.1 Å². The van der Waals surface area contributed by atoms with Crippen LogP contribution in [0, 0.1) is 6.92 Å². The highest BCUT2D eigenvalue weighted by Crippen LogP contribution is 2.36. The van der Waals surface area contributed by atoms with Crippen molar-refractivity contribution in [2.75, 3.05) is 25.6 Å². The van der Waals surface area contributed by atoms with Crippen molar-refractivity contribution in [2.45, 2.75) is 13.8 Å². The summed E-state index contributed by atoms with van der Waals surface area (Å²) in [6, 6.07) is 10.7. The Morgan fingerprint density at radius 1 is 1.12 bits per heavy atom. The van der Waals surface area contributed by atoms with Crippen molar-refractivity contribution in [2.24, 2.45) is 5.73 Å². The van der Waals surface area contributed by atoms with Crippen molar-refractivity contribution in [1.29, 1.82) is 0 Å². The van der Waals surface area contributed by atoms with Gasteiger partial charge in [0, 0.05) is 12.1 Å². The maximum absolute atomic E-state index is 11.7. The first-order valence-corrected chi connectivity index (χ1v) is 8.19. The molecule has 26 heavy (non-hydrogen) atoms. The zero-order valence-corrected chi connectivity index (χ0v) is 15.1. The lowest BCUT2D eigenvalue weighted by molar-refractivity contribution is -0.119. The minimum absolute atomic E-state index is 0.204. The van der Waals surface area contributed by atoms with Gasteiger partial charge in [0.25, 0.3) is 5.91 Å². The maximum atomic E-state index is 11.7. The summed E-state index contributed by atoms with van der Waals surface area (Å²) >= 11 is 0. The number of hydrogen-bond acceptors (Lipinski definition) is 4. The minimum atomic E-state index is -0.546. The zero-order valence-electron chi connectivity index (χ0n) is 15.1. The molecule has 4 N–H and O–H groups in total. The van der Waals surface area contributed by atoms with Gasteiger partial charge in [-0.1, -0.05) is 17.7 Å². The number of aryl methyl sites for hydroxylation is 1. The molecule has 0 aliphatic heterocycles. The Morgan fingerprint density at radius 3 is 2.54 bits per heavy atom. The molecule has 138 valence electrons. The molecule has 0 bridgehead atoms. The number of benzene rings is 2. The molecule has 2 aromatic carbocycles. The number of anilines is 1. The second-order valence-corrected chi connectivity index (χ2v) is 5.65. The van der Waals surface area contributed by atoms with E-state index >= 15 is 0 Å². The van der Waals surface area contributed by atoms with Crippen LogP contribution < -0.4 is 25.8 Å². The molecule has 0 saturated carbocycles. The number of rotatable bonds is 7. The van der Waals surface area contributed by atoms with Gasteiger partial charge in [-0.25, -0.2) is 4.79 Å². The van der Waals surface area contributed by atoms with Crippen LogP contribution in [0.2, 0.25) is 0 Å². The van der Waals surface area contributed by atoms with Crippen molar-refractivity contribution in [3.8, 4) is 22.6 Å². The normalized spacial score (nSPS) is 10.1. The summed E-state index contributed by atoms with van der Waals surface area (Å²) in [5.41, 5.74) is 8.38. The Morgan fingerprint density at radius 2 is 1.88 bits per heavy atom. The van der Waals surface area contributed by atoms with Crippen LogP contribution in [-0.2, 0) is 4.79 Å². The summed E-state index contributed by atoms with van der Waals surface area (Å²) in [4.78, 5) is 22.8. The molecule has 2 aromatic rings. The van der Waals surface area contributed by atoms with E-state index in [0.717, 1.165) is 16.7 Å². The van der Waals surface area contributed by atoms with Gasteiger partial charge in [-0.3, -0.25) is 4.79 Å². The molecule has 7 heteroatoms. The lowest BCUT2D eigenvalue weighted by Crippen LogP contribution is -2.28. The second kappa shape index (κ2) is 8.75. The fourth-order valence-electron chi connectivity index (χ4n) is 2.43. The molecule has 0 radical (unpaired) electrons. The second-order valence-electron chi connectivity index (χ2n) is 5.65. The molecule has 0 atom stereocenters. The van der Waals surface area contributed by atoms with Gasteiger partial charge in [0.15, 0.2) is 6.61 Å². The summed E-state index contributed by atoms with van der Waals surface area (Å²) in [6.45, 7) is 4.12. The number of primary amides is 1. The van der Waals surface area contributed by atoms with Crippen LogP contribution >= 0.6 is 0 Å². The van der Waals surface area contributed by atoms with E-state index in [9.17, 15) is 9.59 Å². The molecule has 0 aromatic heterocycles. The van der Waals surface area contributed by atoms with Gasteiger partial charge < -0.3 is 25.8 Å². The van der Waals surface area contributed by atoms with Crippen molar-refractivity contribution in [1.82, 2.24) is 5.32 Å². The lowest BCUT2D eigenvalue weighted by Gasteiger charge is -2.15. The van der Waals surface area contributed by atoms with Gasteiger partial charge in [0.05, 0.1) is 12.8 Å². The minimum Gasteiger partial charge on any atom is -0.495 e. The third-order valence-corrected chi connectivity index (χ3v) is 3.60. The summed E-state index contributed by atoms with van der Waals surface area (Å²) in [5, 5.41) is 5.41.